The summed E-state index contributed by atoms with van der Waals surface area (Å²) >= 11 is 0. The SMILES string of the molecule is Cc1cnc(C)c(NC2CCCC(CO)C2)n1. The number of aliphatic hydroxyl groups is 1. The van der Waals surface area contributed by atoms with Gasteiger partial charge in [-0.1, -0.05) is 6.42 Å². The molecule has 2 rings (SSSR count). The van der Waals surface area contributed by atoms with E-state index in [-0.39, 0.29) is 0 Å². The van der Waals surface area contributed by atoms with Crippen LogP contribution >= 0.6 is 0 Å². The van der Waals surface area contributed by atoms with E-state index >= 15 is 0 Å². The Morgan fingerprint density at radius 2 is 2.24 bits per heavy atom. The molecule has 0 aliphatic heterocycles. The van der Waals surface area contributed by atoms with Gasteiger partial charge in [0.2, 0.25) is 0 Å². The number of nitrogens with one attached hydrogen (secondary N) is 1. The average molecular weight is 235 g/mol. The molecule has 0 radical (unpaired) electrons. The Balaban J connectivity index is 2.02. The number of aliphatic hydroxyl groups excluding tert-OH is 1. The van der Waals surface area contributed by atoms with Crippen LogP contribution in [0.1, 0.15) is 37.1 Å². The van der Waals surface area contributed by atoms with Crippen LogP contribution in [0.4, 0.5) is 5.82 Å². The highest BCUT2D eigenvalue weighted by Crippen LogP contribution is 2.26. The fourth-order valence-corrected chi connectivity index (χ4v) is 2.46. The second-order valence-corrected chi connectivity index (χ2v) is 5.00. The highest BCUT2D eigenvalue weighted by molar-refractivity contribution is 5.40. The van der Waals surface area contributed by atoms with Gasteiger partial charge in [-0.15, -0.1) is 0 Å². The van der Waals surface area contributed by atoms with Crippen molar-refractivity contribution in [2.24, 2.45) is 5.92 Å². The molecule has 17 heavy (non-hydrogen) atoms. The van der Waals surface area contributed by atoms with Crippen molar-refractivity contribution in [1.29, 1.82) is 0 Å². The van der Waals surface area contributed by atoms with E-state index in [4.69, 9.17) is 0 Å². The topological polar surface area (TPSA) is 58.0 Å². The van der Waals surface area contributed by atoms with Crippen molar-refractivity contribution in [2.75, 3.05) is 11.9 Å². The van der Waals surface area contributed by atoms with Gasteiger partial charge in [0.1, 0.15) is 5.82 Å². The van der Waals surface area contributed by atoms with E-state index in [1.54, 1.807) is 6.20 Å². The molecular formula is C13H21N3O. The molecule has 0 amide bonds. The number of hydrogen-bond donors (Lipinski definition) is 2. The van der Waals surface area contributed by atoms with Gasteiger partial charge in [-0.2, -0.15) is 0 Å². The predicted molar refractivity (Wildman–Crippen MR) is 68.0 cm³/mol. The van der Waals surface area contributed by atoms with Crippen molar-refractivity contribution < 1.29 is 5.11 Å². The van der Waals surface area contributed by atoms with Crippen LogP contribution in [-0.2, 0) is 0 Å². The highest BCUT2D eigenvalue weighted by atomic mass is 16.3. The second kappa shape index (κ2) is 5.45. The van der Waals surface area contributed by atoms with Crippen LogP contribution in [-0.4, -0.2) is 27.7 Å². The minimum atomic E-state index is 0.302. The number of aryl methyl sites for hydroxylation is 2. The molecule has 1 heterocycles. The molecule has 1 aromatic rings. The summed E-state index contributed by atoms with van der Waals surface area (Å²) in [5, 5.41) is 12.7. The summed E-state index contributed by atoms with van der Waals surface area (Å²) in [5.41, 5.74) is 1.88. The standard InChI is InChI=1S/C13H21N3O/c1-9-7-14-10(2)13(15-9)16-12-5-3-4-11(6-12)8-17/h7,11-12,17H,3-6,8H2,1-2H3,(H,15,16). The van der Waals surface area contributed by atoms with Crippen LogP contribution in [0.2, 0.25) is 0 Å². The van der Waals surface area contributed by atoms with Crippen molar-refractivity contribution in [2.45, 2.75) is 45.6 Å². The average Bonchev–Trinajstić information content (AvgIpc) is 2.34. The van der Waals surface area contributed by atoms with Crippen LogP contribution in [0, 0.1) is 19.8 Å². The van der Waals surface area contributed by atoms with Gasteiger partial charge in [-0.05, 0) is 39.0 Å². The maximum absolute atomic E-state index is 9.22. The Hall–Kier alpha value is -1.16. The summed E-state index contributed by atoms with van der Waals surface area (Å²) in [5.74, 6) is 1.34. The van der Waals surface area contributed by atoms with E-state index in [0.29, 0.717) is 18.6 Å². The van der Waals surface area contributed by atoms with E-state index in [1.807, 2.05) is 13.8 Å². The Morgan fingerprint density at radius 1 is 1.41 bits per heavy atom. The number of anilines is 1. The van der Waals surface area contributed by atoms with E-state index in [0.717, 1.165) is 36.5 Å². The number of nitrogens with zero attached hydrogens (tertiary/aromatic N) is 2. The zero-order chi connectivity index (χ0) is 12.3. The van der Waals surface area contributed by atoms with Crippen LogP contribution < -0.4 is 5.32 Å². The first-order valence-corrected chi connectivity index (χ1v) is 6.36. The summed E-state index contributed by atoms with van der Waals surface area (Å²) in [7, 11) is 0. The van der Waals surface area contributed by atoms with E-state index < -0.39 is 0 Å². The lowest BCUT2D eigenvalue weighted by Gasteiger charge is -2.29. The fraction of sp³-hybridized carbons (Fsp3) is 0.692. The molecule has 0 saturated heterocycles. The summed E-state index contributed by atoms with van der Waals surface area (Å²) < 4.78 is 0. The normalized spacial score (nSPS) is 24.6. The molecule has 2 N–H and O–H groups in total. The molecule has 4 nitrogen and oxygen atoms in total. The van der Waals surface area contributed by atoms with Gasteiger partial charge in [-0.3, -0.25) is 4.98 Å². The maximum Gasteiger partial charge on any atom is 0.147 e. The molecule has 1 fully saturated rings. The lowest BCUT2D eigenvalue weighted by molar-refractivity contribution is 0.184. The van der Waals surface area contributed by atoms with Crippen molar-refractivity contribution in [3.05, 3.63) is 17.6 Å². The van der Waals surface area contributed by atoms with E-state index in [1.165, 1.54) is 6.42 Å². The van der Waals surface area contributed by atoms with Crippen LogP contribution in [0.25, 0.3) is 0 Å². The number of aromatic nitrogens is 2. The predicted octanol–water partition coefficient (Wildman–Crippen LogP) is 2.06. The third kappa shape index (κ3) is 3.16. The number of hydrogen-bond acceptors (Lipinski definition) is 4. The monoisotopic (exact) mass is 235 g/mol. The Kier molecular flexibility index (Phi) is 3.94. The molecule has 0 aromatic carbocycles. The largest absolute Gasteiger partial charge is 0.396 e. The third-order valence-corrected chi connectivity index (χ3v) is 3.46. The molecule has 2 unspecified atom stereocenters. The second-order valence-electron chi connectivity index (χ2n) is 5.00. The van der Waals surface area contributed by atoms with Crippen molar-refractivity contribution >= 4 is 5.82 Å². The Bertz CT molecular complexity index is 381. The summed E-state index contributed by atoms with van der Waals surface area (Å²) in [6.45, 7) is 4.23. The zero-order valence-electron chi connectivity index (χ0n) is 10.6. The lowest BCUT2D eigenvalue weighted by Crippen LogP contribution is -2.29. The molecule has 4 heteroatoms. The molecule has 0 bridgehead atoms. The first-order chi connectivity index (χ1) is 8.19. The fourth-order valence-electron chi connectivity index (χ4n) is 2.46. The van der Waals surface area contributed by atoms with Gasteiger partial charge in [0.25, 0.3) is 0 Å². The quantitative estimate of drug-likeness (QED) is 0.842. The third-order valence-electron chi connectivity index (χ3n) is 3.46. The Labute approximate surface area is 102 Å². The first-order valence-electron chi connectivity index (χ1n) is 6.36. The van der Waals surface area contributed by atoms with Crippen molar-refractivity contribution in [3.8, 4) is 0 Å². The first kappa shape index (κ1) is 12.3. The van der Waals surface area contributed by atoms with Gasteiger partial charge in [-0.25, -0.2) is 4.98 Å². The Morgan fingerprint density at radius 3 is 3.00 bits per heavy atom. The minimum absolute atomic E-state index is 0.302. The zero-order valence-corrected chi connectivity index (χ0v) is 10.6. The molecule has 94 valence electrons. The maximum atomic E-state index is 9.22. The van der Waals surface area contributed by atoms with Gasteiger partial charge >= 0.3 is 0 Å². The molecule has 1 aliphatic carbocycles. The van der Waals surface area contributed by atoms with Crippen LogP contribution in [0.15, 0.2) is 6.20 Å². The minimum Gasteiger partial charge on any atom is -0.396 e. The molecule has 2 atom stereocenters. The molecule has 1 saturated carbocycles. The van der Waals surface area contributed by atoms with Gasteiger partial charge in [0.05, 0.1) is 11.4 Å². The lowest BCUT2D eigenvalue weighted by atomic mass is 9.86. The summed E-state index contributed by atoms with van der Waals surface area (Å²) in [6, 6.07) is 0.427. The van der Waals surface area contributed by atoms with Gasteiger partial charge in [0, 0.05) is 18.8 Å². The van der Waals surface area contributed by atoms with Gasteiger partial charge < -0.3 is 10.4 Å². The van der Waals surface area contributed by atoms with E-state index in [2.05, 4.69) is 15.3 Å². The summed E-state index contributed by atoms with van der Waals surface area (Å²) in [6.07, 6.45) is 6.31. The molecule has 0 spiro atoms. The smallest absolute Gasteiger partial charge is 0.147 e. The summed E-state index contributed by atoms with van der Waals surface area (Å²) in [4.78, 5) is 8.79. The van der Waals surface area contributed by atoms with Crippen LogP contribution in [0.3, 0.4) is 0 Å². The van der Waals surface area contributed by atoms with Gasteiger partial charge in [0.15, 0.2) is 0 Å². The van der Waals surface area contributed by atoms with Crippen molar-refractivity contribution in [3.63, 3.8) is 0 Å². The molecule has 1 aromatic heterocycles. The van der Waals surface area contributed by atoms with Crippen LogP contribution in [0.5, 0.6) is 0 Å². The molecular weight excluding hydrogens is 214 g/mol. The molecule has 1 aliphatic rings. The highest BCUT2D eigenvalue weighted by Gasteiger charge is 2.22. The van der Waals surface area contributed by atoms with E-state index in [9.17, 15) is 5.11 Å². The number of rotatable bonds is 3. The van der Waals surface area contributed by atoms with Crippen molar-refractivity contribution in [1.82, 2.24) is 9.97 Å².